The quantitative estimate of drug-likeness (QED) is 0.430. The maximum Gasteiger partial charge on any atom is 0.416 e. The van der Waals surface area contributed by atoms with Crippen molar-refractivity contribution < 1.29 is 22.4 Å². The van der Waals surface area contributed by atoms with Gasteiger partial charge in [-0.1, -0.05) is 23.5 Å². The topological polar surface area (TPSA) is 85.6 Å². The number of nitrogens with zero attached hydrogens (tertiary/aromatic N) is 5. The molecule has 0 fully saturated rings. The molecule has 0 radical (unpaired) electrons. The normalized spacial score (nSPS) is 12.5. The second-order valence-electron chi connectivity index (χ2n) is 6.70. The van der Waals surface area contributed by atoms with Gasteiger partial charge in [0.25, 0.3) is 5.91 Å². The molecule has 32 heavy (non-hydrogen) atoms. The minimum absolute atomic E-state index is 0.0874. The molecule has 0 spiro atoms. The van der Waals surface area contributed by atoms with Gasteiger partial charge in [-0.3, -0.25) is 14.5 Å². The van der Waals surface area contributed by atoms with E-state index in [-0.39, 0.29) is 16.3 Å². The van der Waals surface area contributed by atoms with Gasteiger partial charge >= 0.3 is 6.18 Å². The molecule has 1 amide bonds. The van der Waals surface area contributed by atoms with Crippen LogP contribution in [0.1, 0.15) is 33.9 Å². The number of hydrogen-bond acceptors (Lipinski definition) is 6. The first-order chi connectivity index (χ1) is 15.2. The second-order valence-corrected chi connectivity index (χ2v) is 7.67. The highest BCUT2D eigenvalue weighted by Gasteiger charge is 2.35. The van der Waals surface area contributed by atoms with Crippen molar-refractivity contribution >= 4 is 22.9 Å². The molecule has 1 aromatic carbocycles. The predicted molar refractivity (Wildman–Crippen MR) is 109 cm³/mol. The molecule has 1 atom stereocenters. The summed E-state index contributed by atoms with van der Waals surface area (Å²) in [7, 11) is 0. The molecule has 0 aliphatic carbocycles. The lowest BCUT2D eigenvalue weighted by atomic mass is 10.0. The van der Waals surface area contributed by atoms with Gasteiger partial charge < -0.3 is 5.32 Å². The van der Waals surface area contributed by atoms with Crippen LogP contribution in [0.2, 0.25) is 0 Å². The van der Waals surface area contributed by atoms with E-state index in [1.165, 1.54) is 24.0 Å². The van der Waals surface area contributed by atoms with E-state index >= 15 is 0 Å². The van der Waals surface area contributed by atoms with E-state index in [0.717, 1.165) is 23.5 Å². The number of carbonyl (C=O) groups is 1. The number of aromatic nitrogens is 5. The number of pyridine rings is 1. The molecule has 7 nitrogen and oxygen atoms in total. The number of halogens is 4. The van der Waals surface area contributed by atoms with Crippen molar-refractivity contribution in [1.29, 1.82) is 0 Å². The molecule has 0 saturated carbocycles. The van der Waals surface area contributed by atoms with Crippen LogP contribution in [-0.4, -0.2) is 30.9 Å². The van der Waals surface area contributed by atoms with Crippen LogP contribution < -0.4 is 5.32 Å². The lowest BCUT2D eigenvalue weighted by Crippen LogP contribution is -2.16. The molecule has 1 N–H and O–H groups in total. The molecular weight excluding hydrogens is 448 g/mol. The highest BCUT2D eigenvalue weighted by molar-refractivity contribution is 7.16. The van der Waals surface area contributed by atoms with Crippen molar-refractivity contribution in [3.63, 3.8) is 0 Å². The predicted octanol–water partition coefficient (Wildman–Crippen LogP) is 4.82. The van der Waals surface area contributed by atoms with E-state index < -0.39 is 29.5 Å². The van der Waals surface area contributed by atoms with Gasteiger partial charge in [0.2, 0.25) is 5.01 Å². The zero-order chi connectivity index (χ0) is 22.9. The highest BCUT2D eigenvalue weighted by atomic mass is 32.1. The van der Waals surface area contributed by atoms with Gasteiger partial charge in [0, 0.05) is 12.4 Å². The number of anilines is 1. The highest BCUT2D eigenvalue weighted by Crippen LogP contribution is 2.36. The Hall–Kier alpha value is -3.67. The summed E-state index contributed by atoms with van der Waals surface area (Å²) < 4.78 is 54.6. The molecule has 3 heterocycles. The number of alkyl halides is 3. The van der Waals surface area contributed by atoms with E-state index in [4.69, 9.17) is 0 Å². The lowest BCUT2D eigenvalue weighted by Gasteiger charge is -2.18. The van der Waals surface area contributed by atoms with Crippen molar-refractivity contribution in [3.8, 4) is 10.7 Å². The van der Waals surface area contributed by atoms with E-state index in [1.807, 2.05) is 0 Å². The Morgan fingerprint density at radius 2 is 2.00 bits per heavy atom. The summed E-state index contributed by atoms with van der Waals surface area (Å²) in [6, 6.07) is 6.89. The number of amides is 1. The fraction of sp³-hybridized carbons (Fsp3) is 0.150. The first-order valence-corrected chi connectivity index (χ1v) is 10.0. The fourth-order valence-electron chi connectivity index (χ4n) is 2.99. The van der Waals surface area contributed by atoms with E-state index in [1.54, 1.807) is 24.4 Å². The van der Waals surface area contributed by atoms with E-state index in [2.05, 4.69) is 25.6 Å². The summed E-state index contributed by atoms with van der Waals surface area (Å²) in [6.07, 6.45) is -0.449. The molecule has 164 valence electrons. The second kappa shape index (κ2) is 8.46. The molecule has 0 aliphatic heterocycles. The standard InChI is InChI=1S/C20H14F4N6OS/c1-11(14-6-5-12(21)8-15(14)20(22,23)24)30-10-13(9-26-30)27-17(31)19-29-28-18(32-19)16-4-2-3-7-25-16/h2-11H,1H3,(H,27,31). The minimum Gasteiger partial charge on any atom is -0.317 e. The lowest BCUT2D eigenvalue weighted by molar-refractivity contribution is -0.138. The van der Waals surface area contributed by atoms with Gasteiger partial charge in [0.05, 0.1) is 23.5 Å². The molecule has 0 saturated heterocycles. The van der Waals surface area contributed by atoms with Gasteiger partial charge in [-0.15, -0.1) is 10.2 Å². The summed E-state index contributed by atoms with van der Waals surface area (Å²) >= 11 is 1.04. The van der Waals surface area contributed by atoms with Crippen LogP contribution in [0.5, 0.6) is 0 Å². The Bertz CT molecular complexity index is 1250. The maximum atomic E-state index is 13.4. The van der Waals surface area contributed by atoms with Gasteiger partial charge in [0.1, 0.15) is 11.5 Å². The number of rotatable bonds is 5. The third-order valence-corrected chi connectivity index (χ3v) is 5.47. The zero-order valence-electron chi connectivity index (χ0n) is 16.3. The van der Waals surface area contributed by atoms with Crippen LogP contribution in [0.15, 0.2) is 55.0 Å². The van der Waals surface area contributed by atoms with Gasteiger partial charge in [-0.25, -0.2) is 4.39 Å². The number of hydrogen-bond donors (Lipinski definition) is 1. The molecule has 1 unspecified atom stereocenters. The Morgan fingerprint density at radius 3 is 2.72 bits per heavy atom. The maximum absolute atomic E-state index is 13.4. The van der Waals surface area contributed by atoms with E-state index in [0.29, 0.717) is 16.8 Å². The summed E-state index contributed by atoms with van der Waals surface area (Å²) in [6.45, 7) is 1.49. The molecule has 3 aromatic heterocycles. The van der Waals surface area contributed by atoms with E-state index in [9.17, 15) is 22.4 Å². The number of nitrogens with one attached hydrogen (secondary N) is 1. The van der Waals surface area contributed by atoms with Crippen LogP contribution in [0.3, 0.4) is 0 Å². The minimum atomic E-state index is -4.72. The Kier molecular flexibility index (Phi) is 5.70. The first kappa shape index (κ1) is 21.6. The molecule has 0 bridgehead atoms. The monoisotopic (exact) mass is 462 g/mol. The molecule has 4 rings (SSSR count). The fourth-order valence-corrected chi connectivity index (χ4v) is 3.70. The smallest absolute Gasteiger partial charge is 0.317 e. The summed E-state index contributed by atoms with van der Waals surface area (Å²) in [5.41, 5.74) is -0.399. The zero-order valence-corrected chi connectivity index (χ0v) is 17.2. The average Bonchev–Trinajstić information content (AvgIpc) is 3.43. The van der Waals surface area contributed by atoms with Crippen molar-refractivity contribution in [2.24, 2.45) is 0 Å². The molecule has 12 heteroatoms. The Balaban J connectivity index is 1.51. The largest absolute Gasteiger partial charge is 0.416 e. The third kappa shape index (κ3) is 4.49. The van der Waals surface area contributed by atoms with Crippen LogP contribution in [-0.2, 0) is 6.18 Å². The SMILES string of the molecule is CC(c1ccc(F)cc1C(F)(F)F)n1cc(NC(=O)c2nnc(-c3ccccn3)s2)cn1. The Morgan fingerprint density at radius 1 is 1.19 bits per heavy atom. The first-order valence-electron chi connectivity index (χ1n) is 9.19. The van der Waals surface area contributed by atoms with Crippen LogP contribution in [0.25, 0.3) is 10.7 Å². The van der Waals surface area contributed by atoms with Gasteiger partial charge in [-0.05, 0) is 36.8 Å². The molecular formula is C20H14F4N6OS. The van der Waals surface area contributed by atoms with Crippen molar-refractivity contribution in [1.82, 2.24) is 25.0 Å². The van der Waals surface area contributed by atoms with Crippen molar-refractivity contribution in [2.45, 2.75) is 19.1 Å². The van der Waals surface area contributed by atoms with Crippen LogP contribution >= 0.6 is 11.3 Å². The third-order valence-electron chi connectivity index (χ3n) is 4.53. The average molecular weight is 462 g/mol. The van der Waals surface area contributed by atoms with Crippen molar-refractivity contribution in [3.05, 3.63) is 76.9 Å². The summed E-state index contributed by atoms with van der Waals surface area (Å²) in [5.74, 6) is -1.53. The van der Waals surface area contributed by atoms with Gasteiger partial charge in [-0.2, -0.15) is 18.3 Å². The molecule has 4 aromatic rings. The summed E-state index contributed by atoms with van der Waals surface area (Å²) in [4.78, 5) is 16.6. The number of carbonyl (C=O) groups excluding carboxylic acids is 1. The number of benzene rings is 1. The van der Waals surface area contributed by atoms with Crippen LogP contribution in [0, 0.1) is 5.82 Å². The van der Waals surface area contributed by atoms with Crippen LogP contribution in [0.4, 0.5) is 23.2 Å². The summed E-state index contributed by atoms with van der Waals surface area (Å²) in [5, 5.41) is 15.0. The Labute approximate surface area is 182 Å². The molecule has 0 aliphatic rings. The van der Waals surface area contributed by atoms with Gasteiger partial charge in [0.15, 0.2) is 5.01 Å². The van der Waals surface area contributed by atoms with Crippen molar-refractivity contribution in [2.75, 3.05) is 5.32 Å².